The van der Waals surface area contributed by atoms with Crippen LogP contribution in [0.4, 0.5) is 11.4 Å². The van der Waals surface area contributed by atoms with Gasteiger partial charge in [0.25, 0.3) is 5.91 Å². The highest BCUT2D eigenvalue weighted by atomic mass is 35.5. The standard InChI is InChI=1S/C19H19ClN2O3/c1-13(25-17-10-5-2-7-14(17)20)19(24)21-15-8-3-4-9-16(15)22-12-6-11-18(22)23/h2-5,7-10,13H,6,11-12H2,1H3,(H,21,24). The first-order valence-corrected chi connectivity index (χ1v) is 8.55. The SMILES string of the molecule is CC(Oc1ccccc1Cl)C(=O)Nc1ccccc1N1CCCC1=O. The van der Waals surface area contributed by atoms with Crippen molar-refractivity contribution in [2.24, 2.45) is 0 Å². The second-order valence-corrected chi connectivity index (χ2v) is 6.25. The quantitative estimate of drug-likeness (QED) is 0.882. The number of anilines is 2. The van der Waals surface area contributed by atoms with Gasteiger partial charge in [-0.2, -0.15) is 0 Å². The number of carbonyl (C=O) groups excluding carboxylic acids is 2. The summed E-state index contributed by atoms with van der Waals surface area (Å²) in [6.07, 6.45) is 0.628. The summed E-state index contributed by atoms with van der Waals surface area (Å²) in [6.45, 7) is 2.32. The molecule has 1 fully saturated rings. The number of hydrogen-bond acceptors (Lipinski definition) is 3. The molecular weight excluding hydrogens is 340 g/mol. The maximum atomic E-state index is 12.5. The van der Waals surface area contributed by atoms with Crippen molar-refractivity contribution < 1.29 is 14.3 Å². The zero-order valence-corrected chi connectivity index (χ0v) is 14.6. The van der Waals surface area contributed by atoms with Gasteiger partial charge in [0, 0.05) is 13.0 Å². The van der Waals surface area contributed by atoms with E-state index in [0.717, 1.165) is 6.42 Å². The van der Waals surface area contributed by atoms with Crippen LogP contribution in [0.3, 0.4) is 0 Å². The highest BCUT2D eigenvalue weighted by Gasteiger charge is 2.25. The molecule has 0 spiro atoms. The first-order chi connectivity index (χ1) is 12.1. The molecule has 25 heavy (non-hydrogen) atoms. The maximum absolute atomic E-state index is 12.5. The van der Waals surface area contributed by atoms with Crippen LogP contribution in [0.1, 0.15) is 19.8 Å². The lowest BCUT2D eigenvalue weighted by Gasteiger charge is -2.21. The molecule has 5 nitrogen and oxygen atoms in total. The minimum atomic E-state index is -0.734. The predicted molar refractivity (Wildman–Crippen MR) is 98.2 cm³/mol. The van der Waals surface area contributed by atoms with E-state index in [4.69, 9.17) is 16.3 Å². The molecule has 1 unspecified atom stereocenters. The Morgan fingerprint density at radius 3 is 2.64 bits per heavy atom. The summed E-state index contributed by atoms with van der Waals surface area (Å²) in [6, 6.07) is 14.3. The van der Waals surface area contributed by atoms with E-state index in [1.165, 1.54) is 0 Å². The van der Waals surface area contributed by atoms with Crippen LogP contribution in [-0.2, 0) is 9.59 Å². The molecule has 0 bridgehead atoms. The van der Waals surface area contributed by atoms with Crippen LogP contribution in [0, 0.1) is 0 Å². The second-order valence-electron chi connectivity index (χ2n) is 5.85. The molecule has 1 saturated heterocycles. The van der Waals surface area contributed by atoms with Crippen LogP contribution in [0.15, 0.2) is 48.5 Å². The Labute approximate surface area is 151 Å². The van der Waals surface area contributed by atoms with E-state index < -0.39 is 6.10 Å². The molecule has 1 aliphatic heterocycles. The van der Waals surface area contributed by atoms with Gasteiger partial charge in [0.15, 0.2) is 6.10 Å². The van der Waals surface area contributed by atoms with Gasteiger partial charge < -0.3 is 15.0 Å². The number of rotatable bonds is 5. The Balaban J connectivity index is 1.73. The number of ether oxygens (including phenoxy) is 1. The Morgan fingerprint density at radius 2 is 1.92 bits per heavy atom. The minimum Gasteiger partial charge on any atom is -0.479 e. The maximum Gasteiger partial charge on any atom is 0.265 e. The molecular formula is C19H19ClN2O3. The van der Waals surface area contributed by atoms with Gasteiger partial charge in [0.2, 0.25) is 5.91 Å². The van der Waals surface area contributed by atoms with Crippen LogP contribution < -0.4 is 15.0 Å². The summed E-state index contributed by atoms with van der Waals surface area (Å²) in [7, 11) is 0. The monoisotopic (exact) mass is 358 g/mol. The third kappa shape index (κ3) is 3.94. The lowest BCUT2D eigenvalue weighted by molar-refractivity contribution is -0.122. The molecule has 2 aromatic carbocycles. The summed E-state index contributed by atoms with van der Waals surface area (Å²) in [5, 5.41) is 3.30. The van der Waals surface area contributed by atoms with Crippen molar-refractivity contribution in [3.05, 3.63) is 53.6 Å². The van der Waals surface area contributed by atoms with Gasteiger partial charge >= 0.3 is 0 Å². The number of benzene rings is 2. The van der Waals surface area contributed by atoms with E-state index >= 15 is 0 Å². The van der Waals surface area contributed by atoms with E-state index in [2.05, 4.69) is 5.32 Å². The molecule has 1 heterocycles. The average molecular weight is 359 g/mol. The Hall–Kier alpha value is -2.53. The largest absolute Gasteiger partial charge is 0.479 e. The van der Waals surface area contributed by atoms with Crippen LogP contribution >= 0.6 is 11.6 Å². The van der Waals surface area contributed by atoms with Gasteiger partial charge in [0.05, 0.1) is 16.4 Å². The first kappa shape index (κ1) is 17.3. The fourth-order valence-corrected chi connectivity index (χ4v) is 2.92. The summed E-state index contributed by atoms with van der Waals surface area (Å²) in [4.78, 5) is 26.2. The smallest absolute Gasteiger partial charge is 0.265 e. The van der Waals surface area contributed by atoms with Gasteiger partial charge in [0.1, 0.15) is 5.75 Å². The zero-order valence-electron chi connectivity index (χ0n) is 13.9. The summed E-state index contributed by atoms with van der Waals surface area (Å²) >= 11 is 6.06. The zero-order chi connectivity index (χ0) is 17.8. The number of nitrogens with one attached hydrogen (secondary N) is 1. The lowest BCUT2D eigenvalue weighted by atomic mass is 10.2. The van der Waals surface area contributed by atoms with E-state index in [0.29, 0.717) is 35.1 Å². The lowest BCUT2D eigenvalue weighted by Crippen LogP contribution is -2.31. The summed E-state index contributed by atoms with van der Waals surface area (Å²) in [5.41, 5.74) is 1.31. The fraction of sp³-hybridized carbons (Fsp3) is 0.263. The number of carbonyl (C=O) groups is 2. The van der Waals surface area contributed by atoms with Crippen LogP contribution in [0.5, 0.6) is 5.75 Å². The van der Waals surface area contributed by atoms with Crippen molar-refractivity contribution in [2.45, 2.75) is 25.9 Å². The number of para-hydroxylation sites is 3. The normalized spacial score (nSPS) is 15.1. The summed E-state index contributed by atoms with van der Waals surface area (Å²) < 4.78 is 5.64. The van der Waals surface area contributed by atoms with E-state index in [9.17, 15) is 9.59 Å². The predicted octanol–water partition coefficient (Wildman–Crippen LogP) is 3.87. The first-order valence-electron chi connectivity index (χ1n) is 8.17. The molecule has 6 heteroatoms. The number of amides is 2. The second kappa shape index (κ2) is 7.57. The van der Waals surface area contributed by atoms with Crippen molar-refractivity contribution in [3.8, 4) is 5.75 Å². The molecule has 1 N–H and O–H groups in total. The fourth-order valence-electron chi connectivity index (χ4n) is 2.74. The number of hydrogen-bond donors (Lipinski definition) is 1. The Bertz CT molecular complexity index is 794. The Morgan fingerprint density at radius 1 is 1.20 bits per heavy atom. The van der Waals surface area contributed by atoms with Gasteiger partial charge in [-0.15, -0.1) is 0 Å². The molecule has 2 aromatic rings. The molecule has 0 aliphatic carbocycles. The Kier molecular flexibility index (Phi) is 5.24. The number of nitrogens with zero attached hydrogens (tertiary/aromatic N) is 1. The van der Waals surface area contributed by atoms with Crippen LogP contribution in [-0.4, -0.2) is 24.5 Å². The van der Waals surface area contributed by atoms with Gasteiger partial charge in [-0.25, -0.2) is 0 Å². The minimum absolute atomic E-state index is 0.0714. The van der Waals surface area contributed by atoms with Crippen molar-refractivity contribution in [2.75, 3.05) is 16.8 Å². The van der Waals surface area contributed by atoms with E-state index in [1.54, 1.807) is 42.2 Å². The summed E-state index contributed by atoms with van der Waals surface area (Å²) in [5.74, 6) is 0.218. The molecule has 2 amide bonds. The molecule has 0 aromatic heterocycles. The van der Waals surface area contributed by atoms with Crippen molar-refractivity contribution in [1.82, 2.24) is 0 Å². The molecule has 130 valence electrons. The molecule has 1 aliphatic rings. The molecule has 1 atom stereocenters. The van der Waals surface area contributed by atoms with Crippen molar-refractivity contribution in [1.29, 1.82) is 0 Å². The molecule has 0 radical (unpaired) electrons. The van der Waals surface area contributed by atoms with Gasteiger partial charge in [-0.05, 0) is 37.6 Å². The third-order valence-corrected chi connectivity index (χ3v) is 4.35. The van der Waals surface area contributed by atoms with Crippen LogP contribution in [0.2, 0.25) is 5.02 Å². The third-order valence-electron chi connectivity index (χ3n) is 4.04. The van der Waals surface area contributed by atoms with Crippen LogP contribution in [0.25, 0.3) is 0 Å². The molecule has 0 saturated carbocycles. The van der Waals surface area contributed by atoms with Crippen molar-refractivity contribution >= 4 is 34.8 Å². The average Bonchev–Trinajstić information content (AvgIpc) is 3.03. The topological polar surface area (TPSA) is 58.6 Å². The molecule has 3 rings (SSSR count). The van der Waals surface area contributed by atoms with Crippen molar-refractivity contribution in [3.63, 3.8) is 0 Å². The van der Waals surface area contributed by atoms with E-state index in [1.807, 2.05) is 18.2 Å². The van der Waals surface area contributed by atoms with Gasteiger partial charge in [-0.3, -0.25) is 9.59 Å². The highest BCUT2D eigenvalue weighted by Crippen LogP contribution is 2.30. The highest BCUT2D eigenvalue weighted by molar-refractivity contribution is 6.32. The number of halogens is 1. The van der Waals surface area contributed by atoms with E-state index in [-0.39, 0.29) is 11.8 Å². The van der Waals surface area contributed by atoms with Gasteiger partial charge in [-0.1, -0.05) is 35.9 Å².